The number of amides is 2. The van der Waals surface area contributed by atoms with E-state index in [1.807, 2.05) is 43.3 Å². The van der Waals surface area contributed by atoms with Crippen molar-refractivity contribution in [1.82, 2.24) is 15.5 Å². The van der Waals surface area contributed by atoms with Gasteiger partial charge in [0.2, 0.25) is 5.91 Å². The van der Waals surface area contributed by atoms with Crippen molar-refractivity contribution in [3.05, 3.63) is 35.4 Å². The summed E-state index contributed by atoms with van der Waals surface area (Å²) in [6, 6.07) is 7.03. The van der Waals surface area contributed by atoms with Gasteiger partial charge in [0.15, 0.2) is 0 Å². The van der Waals surface area contributed by atoms with Crippen molar-refractivity contribution in [2.24, 2.45) is 5.92 Å². The molecular formula is C20H32ClN3O2S. The first kappa shape index (κ1) is 23.8. The Balaban J connectivity index is 0.00000364. The number of carbonyl (C=O) groups excluding carboxylic acids is 2. The zero-order valence-electron chi connectivity index (χ0n) is 16.5. The average molecular weight is 414 g/mol. The van der Waals surface area contributed by atoms with Crippen molar-refractivity contribution in [3.63, 3.8) is 0 Å². The highest BCUT2D eigenvalue weighted by molar-refractivity contribution is 7.98. The van der Waals surface area contributed by atoms with E-state index >= 15 is 0 Å². The minimum absolute atomic E-state index is 0. The van der Waals surface area contributed by atoms with Gasteiger partial charge in [-0.3, -0.25) is 9.59 Å². The van der Waals surface area contributed by atoms with Gasteiger partial charge in [-0.05, 0) is 69.8 Å². The van der Waals surface area contributed by atoms with Gasteiger partial charge in [0, 0.05) is 18.7 Å². The van der Waals surface area contributed by atoms with E-state index in [0.29, 0.717) is 17.9 Å². The number of benzene rings is 1. The Morgan fingerprint density at radius 3 is 2.59 bits per heavy atom. The summed E-state index contributed by atoms with van der Waals surface area (Å²) in [4.78, 5) is 27.5. The number of piperidine rings is 1. The van der Waals surface area contributed by atoms with Crippen molar-refractivity contribution in [3.8, 4) is 0 Å². The van der Waals surface area contributed by atoms with Crippen molar-refractivity contribution >= 4 is 36.0 Å². The number of thioether (sulfide) groups is 1. The lowest BCUT2D eigenvalue weighted by Crippen LogP contribution is -2.51. The van der Waals surface area contributed by atoms with E-state index in [1.54, 1.807) is 17.8 Å². The summed E-state index contributed by atoms with van der Waals surface area (Å²) in [5.74, 6) is 1.37. The number of likely N-dealkylation sites (tertiary alicyclic amines) is 1. The molecule has 1 aromatic carbocycles. The summed E-state index contributed by atoms with van der Waals surface area (Å²) < 4.78 is 0. The lowest BCUT2D eigenvalue weighted by atomic mass is 9.96. The molecule has 2 amide bonds. The van der Waals surface area contributed by atoms with E-state index in [4.69, 9.17) is 0 Å². The van der Waals surface area contributed by atoms with Gasteiger partial charge in [-0.1, -0.05) is 17.7 Å². The SMILES string of the molecule is CNCC1CCN(C(=O)C(CCSC)NC(=O)c2cccc(C)c2)CC1.Cl. The molecule has 7 heteroatoms. The van der Waals surface area contributed by atoms with Crippen LogP contribution in [0.15, 0.2) is 24.3 Å². The van der Waals surface area contributed by atoms with Crippen LogP contribution in [-0.2, 0) is 4.79 Å². The van der Waals surface area contributed by atoms with Gasteiger partial charge < -0.3 is 15.5 Å². The quantitative estimate of drug-likeness (QED) is 0.687. The molecule has 0 bridgehead atoms. The van der Waals surface area contributed by atoms with Crippen molar-refractivity contribution in [2.45, 2.75) is 32.2 Å². The molecule has 2 rings (SSSR count). The van der Waals surface area contributed by atoms with Crippen LogP contribution < -0.4 is 10.6 Å². The molecule has 1 fully saturated rings. The Kier molecular flexibility index (Phi) is 10.8. The molecule has 1 unspecified atom stereocenters. The topological polar surface area (TPSA) is 61.4 Å². The second-order valence-electron chi connectivity index (χ2n) is 7.00. The predicted molar refractivity (Wildman–Crippen MR) is 116 cm³/mol. The molecule has 1 aliphatic rings. The van der Waals surface area contributed by atoms with Crippen LogP contribution in [0, 0.1) is 12.8 Å². The summed E-state index contributed by atoms with van der Waals surface area (Å²) in [7, 11) is 1.97. The first-order chi connectivity index (χ1) is 12.5. The van der Waals surface area contributed by atoms with E-state index in [9.17, 15) is 9.59 Å². The summed E-state index contributed by atoms with van der Waals surface area (Å²) in [6.07, 6.45) is 4.72. The highest BCUT2D eigenvalue weighted by atomic mass is 35.5. The number of carbonyl (C=O) groups is 2. The lowest BCUT2D eigenvalue weighted by molar-refractivity contribution is -0.134. The van der Waals surface area contributed by atoms with Crippen molar-refractivity contribution in [1.29, 1.82) is 0 Å². The first-order valence-corrected chi connectivity index (χ1v) is 10.7. The number of nitrogens with one attached hydrogen (secondary N) is 2. The monoisotopic (exact) mass is 413 g/mol. The number of halogens is 1. The fourth-order valence-corrected chi connectivity index (χ4v) is 3.86. The maximum atomic E-state index is 13.0. The Bertz CT molecular complexity index is 607. The van der Waals surface area contributed by atoms with E-state index in [1.165, 1.54) is 0 Å². The highest BCUT2D eigenvalue weighted by Gasteiger charge is 2.29. The van der Waals surface area contributed by atoms with Crippen LogP contribution >= 0.6 is 24.2 Å². The van der Waals surface area contributed by atoms with Gasteiger partial charge in [-0.25, -0.2) is 0 Å². The first-order valence-electron chi connectivity index (χ1n) is 9.35. The zero-order valence-corrected chi connectivity index (χ0v) is 18.1. The predicted octanol–water partition coefficient (Wildman–Crippen LogP) is 2.73. The van der Waals surface area contributed by atoms with E-state index in [2.05, 4.69) is 10.6 Å². The number of hydrogen-bond acceptors (Lipinski definition) is 4. The van der Waals surface area contributed by atoms with E-state index < -0.39 is 6.04 Å². The molecule has 0 saturated carbocycles. The van der Waals surface area contributed by atoms with Crippen LogP contribution in [0.4, 0.5) is 0 Å². The second kappa shape index (κ2) is 12.3. The van der Waals surface area contributed by atoms with E-state index in [-0.39, 0.29) is 24.2 Å². The van der Waals surface area contributed by atoms with Gasteiger partial charge in [0.05, 0.1) is 0 Å². The largest absolute Gasteiger partial charge is 0.341 e. The van der Waals surface area contributed by atoms with Crippen molar-refractivity contribution in [2.75, 3.05) is 38.7 Å². The molecule has 0 spiro atoms. The number of aryl methyl sites for hydroxylation is 1. The van der Waals surface area contributed by atoms with Gasteiger partial charge in [-0.2, -0.15) is 11.8 Å². The summed E-state index contributed by atoms with van der Waals surface area (Å²) in [6.45, 7) is 4.52. The molecule has 0 aromatic heterocycles. The van der Waals surface area contributed by atoms with Gasteiger partial charge >= 0.3 is 0 Å². The summed E-state index contributed by atoms with van der Waals surface area (Å²) in [5.41, 5.74) is 1.65. The Morgan fingerprint density at radius 1 is 1.30 bits per heavy atom. The molecule has 1 aliphatic heterocycles. The van der Waals surface area contributed by atoms with Crippen LogP contribution in [0.25, 0.3) is 0 Å². The van der Waals surface area contributed by atoms with Crippen LogP contribution in [-0.4, -0.2) is 61.4 Å². The van der Waals surface area contributed by atoms with Crippen LogP contribution in [0.1, 0.15) is 35.2 Å². The number of rotatable bonds is 8. The third kappa shape index (κ3) is 7.35. The summed E-state index contributed by atoms with van der Waals surface area (Å²) in [5, 5.41) is 6.19. The normalized spacial score (nSPS) is 15.7. The second-order valence-corrected chi connectivity index (χ2v) is 7.99. The highest BCUT2D eigenvalue weighted by Crippen LogP contribution is 2.18. The third-order valence-corrected chi connectivity index (χ3v) is 5.56. The standard InChI is InChI=1S/C20H31N3O2S.ClH/c1-15-5-4-6-17(13-15)19(24)22-18(9-12-26-3)20(25)23-10-7-16(8-11-23)14-21-2;/h4-6,13,16,18,21H,7-12,14H2,1-3H3,(H,22,24);1H. The molecule has 5 nitrogen and oxygen atoms in total. The number of hydrogen-bond donors (Lipinski definition) is 2. The maximum Gasteiger partial charge on any atom is 0.251 e. The molecular weight excluding hydrogens is 382 g/mol. The smallest absolute Gasteiger partial charge is 0.251 e. The Hall–Kier alpha value is -1.24. The lowest BCUT2D eigenvalue weighted by Gasteiger charge is -2.34. The Morgan fingerprint density at radius 2 is 2.00 bits per heavy atom. The molecule has 27 heavy (non-hydrogen) atoms. The van der Waals surface area contributed by atoms with Gasteiger partial charge in [0.1, 0.15) is 6.04 Å². The third-order valence-electron chi connectivity index (χ3n) is 4.91. The fraction of sp³-hybridized carbons (Fsp3) is 0.600. The molecule has 0 aliphatic carbocycles. The maximum absolute atomic E-state index is 13.0. The minimum atomic E-state index is -0.448. The van der Waals surface area contributed by atoms with Crippen LogP contribution in [0.3, 0.4) is 0 Å². The van der Waals surface area contributed by atoms with Crippen LogP contribution in [0.2, 0.25) is 0 Å². The fourth-order valence-electron chi connectivity index (χ4n) is 3.39. The van der Waals surface area contributed by atoms with Crippen LogP contribution in [0.5, 0.6) is 0 Å². The molecule has 0 radical (unpaired) electrons. The number of nitrogens with zero attached hydrogens (tertiary/aromatic N) is 1. The zero-order chi connectivity index (χ0) is 18.9. The average Bonchev–Trinajstić information content (AvgIpc) is 2.65. The van der Waals surface area contributed by atoms with Gasteiger partial charge in [-0.15, -0.1) is 12.4 Å². The molecule has 1 atom stereocenters. The molecule has 1 aromatic rings. The van der Waals surface area contributed by atoms with Crippen molar-refractivity contribution < 1.29 is 9.59 Å². The minimum Gasteiger partial charge on any atom is -0.341 e. The molecule has 1 heterocycles. The Labute approximate surface area is 173 Å². The molecule has 2 N–H and O–H groups in total. The summed E-state index contributed by atoms with van der Waals surface area (Å²) >= 11 is 1.70. The van der Waals surface area contributed by atoms with Gasteiger partial charge in [0.25, 0.3) is 5.91 Å². The molecule has 152 valence electrons. The molecule has 1 saturated heterocycles. The van der Waals surface area contributed by atoms with E-state index in [0.717, 1.165) is 43.8 Å².